The highest BCUT2D eigenvalue weighted by Gasteiger charge is 2.01. The van der Waals surface area contributed by atoms with Crippen molar-refractivity contribution in [1.29, 1.82) is 0 Å². The molecule has 0 saturated heterocycles. The lowest BCUT2D eigenvalue weighted by molar-refractivity contribution is 0.623. The molecule has 2 N–H and O–H groups in total. The van der Waals surface area contributed by atoms with E-state index >= 15 is 0 Å². The van der Waals surface area contributed by atoms with Gasteiger partial charge in [-0.3, -0.25) is 4.68 Å². The van der Waals surface area contributed by atoms with E-state index < -0.39 is 0 Å². The molecule has 0 bridgehead atoms. The third kappa shape index (κ3) is 3.12. The van der Waals surface area contributed by atoms with Crippen molar-refractivity contribution in [2.24, 2.45) is 7.05 Å². The predicted octanol–water partition coefficient (Wildman–Crippen LogP) is 0.428. The van der Waals surface area contributed by atoms with Crippen LogP contribution in [-0.2, 0) is 13.6 Å². The average Bonchev–Trinajstić information content (AvgIpc) is 2.49. The molecule has 14 heavy (non-hydrogen) atoms. The summed E-state index contributed by atoms with van der Waals surface area (Å²) in [6, 6.07) is 0. The summed E-state index contributed by atoms with van der Waals surface area (Å²) in [5.74, 6) is 0. The number of hydrogen-bond acceptors (Lipinski definition) is 3. The first kappa shape index (κ1) is 11.2. The summed E-state index contributed by atoms with van der Waals surface area (Å²) in [6.45, 7) is 5.13. The summed E-state index contributed by atoms with van der Waals surface area (Å²) < 4.78 is 1.91. The van der Waals surface area contributed by atoms with Crippen LogP contribution in [-0.4, -0.2) is 29.9 Å². The molecule has 80 valence electrons. The van der Waals surface area contributed by atoms with Crippen molar-refractivity contribution in [1.82, 2.24) is 20.4 Å². The van der Waals surface area contributed by atoms with E-state index in [-0.39, 0.29) is 0 Å². The number of rotatable bonds is 6. The zero-order valence-electron chi connectivity index (χ0n) is 9.30. The van der Waals surface area contributed by atoms with Crippen molar-refractivity contribution in [3.8, 4) is 0 Å². The molecule has 0 radical (unpaired) electrons. The van der Waals surface area contributed by atoms with Crippen molar-refractivity contribution < 1.29 is 0 Å². The SMILES string of the molecule is CNCCCNCc1cnn(C)c1C. The zero-order chi connectivity index (χ0) is 10.4. The first-order valence-corrected chi connectivity index (χ1v) is 5.08. The second-order valence-corrected chi connectivity index (χ2v) is 3.51. The summed E-state index contributed by atoms with van der Waals surface area (Å²) in [5, 5.41) is 10.7. The quantitative estimate of drug-likeness (QED) is 0.648. The van der Waals surface area contributed by atoms with E-state index in [0.29, 0.717) is 0 Å². The van der Waals surface area contributed by atoms with Gasteiger partial charge in [-0.2, -0.15) is 5.10 Å². The molecule has 4 nitrogen and oxygen atoms in total. The Hall–Kier alpha value is -0.870. The Morgan fingerprint density at radius 3 is 2.79 bits per heavy atom. The molecular formula is C10H20N4. The van der Waals surface area contributed by atoms with Gasteiger partial charge >= 0.3 is 0 Å². The second kappa shape index (κ2) is 5.78. The van der Waals surface area contributed by atoms with E-state index in [4.69, 9.17) is 0 Å². The van der Waals surface area contributed by atoms with E-state index in [2.05, 4.69) is 22.7 Å². The van der Waals surface area contributed by atoms with Crippen LogP contribution in [0.3, 0.4) is 0 Å². The fraction of sp³-hybridized carbons (Fsp3) is 0.700. The molecule has 0 aliphatic heterocycles. The molecule has 0 aliphatic carbocycles. The molecule has 0 atom stereocenters. The standard InChI is InChI=1S/C10H20N4/c1-9-10(8-13-14(9)3)7-12-6-4-5-11-2/h8,11-12H,4-7H2,1-3H3. The molecular weight excluding hydrogens is 176 g/mol. The van der Waals surface area contributed by atoms with Crippen LogP contribution >= 0.6 is 0 Å². The Morgan fingerprint density at radius 2 is 2.21 bits per heavy atom. The van der Waals surface area contributed by atoms with Gasteiger partial charge in [-0.05, 0) is 33.5 Å². The molecule has 1 aromatic heterocycles. The summed E-state index contributed by atoms with van der Waals surface area (Å²) in [6.07, 6.45) is 3.09. The topological polar surface area (TPSA) is 41.9 Å². The number of nitrogens with one attached hydrogen (secondary N) is 2. The second-order valence-electron chi connectivity index (χ2n) is 3.51. The van der Waals surface area contributed by atoms with E-state index in [1.807, 2.05) is 25.0 Å². The van der Waals surface area contributed by atoms with Gasteiger partial charge in [0.1, 0.15) is 0 Å². The lowest BCUT2D eigenvalue weighted by Gasteiger charge is -2.03. The molecule has 0 aromatic carbocycles. The van der Waals surface area contributed by atoms with Crippen LogP contribution in [0.1, 0.15) is 17.7 Å². The third-order valence-corrected chi connectivity index (χ3v) is 2.43. The average molecular weight is 196 g/mol. The van der Waals surface area contributed by atoms with Gasteiger partial charge in [-0.1, -0.05) is 0 Å². The largest absolute Gasteiger partial charge is 0.320 e. The Bertz CT molecular complexity index is 267. The van der Waals surface area contributed by atoms with Gasteiger partial charge in [0.25, 0.3) is 0 Å². The minimum absolute atomic E-state index is 0.920. The molecule has 0 spiro atoms. The maximum atomic E-state index is 4.20. The maximum Gasteiger partial charge on any atom is 0.0537 e. The minimum atomic E-state index is 0.920. The Kier molecular flexibility index (Phi) is 4.62. The molecule has 1 aromatic rings. The van der Waals surface area contributed by atoms with Crippen molar-refractivity contribution in [2.45, 2.75) is 19.9 Å². The van der Waals surface area contributed by atoms with Crippen molar-refractivity contribution in [3.63, 3.8) is 0 Å². The summed E-state index contributed by atoms with van der Waals surface area (Å²) in [7, 11) is 3.95. The van der Waals surface area contributed by atoms with Gasteiger partial charge in [0.2, 0.25) is 0 Å². The minimum Gasteiger partial charge on any atom is -0.320 e. The fourth-order valence-electron chi connectivity index (χ4n) is 1.33. The van der Waals surface area contributed by atoms with Gasteiger partial charge in [-0.25, -0.2) is 0 Å². The molecule has 0 aliphatic rings. The highest BCUT2D eigenvalue weighted by Crippen LogP contribution is 2.04. The van der Waals surface area contributed by atoms with Gasteiger partial charge in [0.15, 0.2) is 0 Å². The molecule has 4 heteroatoms. The summed E-state index contributed by atoms with van der Waals surface area (Å²) in [5.41, 5.74) is 2.53. The van der Waals surface area contributed by atoms with Gasteiger partial charge in [0, 0.05) is 24.8 Å². The van der Waals surface area contributed by atoms with Crippen LogP contribution in [0.25, 0.3) is 0 Å². The monoisotopic (exact) mass is 196 g/mol. The summed E-state index contributed by atoms with van der Waals surface area (Å²) >= 11 is 0. The van der Waals surface area contributed by atoms with Gasteiger partial charge < -0.3 is 10.6 Å². The fourth-order valence-corrected chi connectivity index (χ4v) is 1.33. The number of nitrogens with zero attached hydrogens (tertiary/aromatic N) is 2. The maximum absolute atomic E-state index is 4.20. The predicted molar refractivity (Wildman–Crippen MR) is 58.2 cm³/mol. The third-order valence-electron chi connectivity index (χ3n) is 2.43. The van der Waals surface area contributed by atoms with Gasteiger partial charge in [0.05, 0.1) is 6.20 Å². The smallest absolute Gasteiger partial charge is 0.0537 e. The number of aromatic nitrogens is 2. The Labute approximate surface area is 85.7 Å². The Morgan fingerprint density at radius 1 is 1.43 bits per heavy atom. The first-order valence-electron chi connectivity index (χ1n) is 5.08. The molecule has 1 heterocycles. The molecule has 0 fully saturated rings. The summed E-state index contributed by atoms with van der Waals surface area (Å²) in [4.78, 5) is 0. The molecule has 0 amide bonds. The number of hydrogen-bond donors (Lipinski definition) is 2. The first-order chi connectivity index (χ1) is 6.75. The highest BCUT2D eigenvalue weighted by atomic mass is 15.3. The van der Waals surface area contributed by atoms with E-state index in [9.17, 15) is 0 Å². The normalized spacial score (nSPS) is 10.8. The van der Waals surface area contributed by atoms with E-state index in [0.717, 1.165) is 26.1 Å². The molecule has 0 unspecified atom stereocenters. The van der Waals surface area contributed by atoms with Gasteiger partial charge in [-0.15, -0.1) is 0 Å². The van der Waals surface area contributed by atoms with Crippen LogP contribution in [0.4, 0.5) is 0 Å². The lowest BCUT2D eigenvalue weighted by atomic mass is 10.2. The number of aryl methyl sites for hydroxylation is 1. The van der Waals surface area contributed by atoms with Crippen molar-refractivity contribution in [3.05, 3.63) is 17.5 Å². The lowest BCUT2D eigenvalue weighted by Crippen LogP contribution is -2.19. The van der Waals surface area contributed by atoms with Crippen LogP contribution < -0.4 is 10.6 Å². The van der Waals surface area contributed by atoms with E-state index in [1.165, 1.54) is 11.3 Å². The zero-order valence-corrected chi connectivity index (χ0v) is 9.30. The molecule has 0 saturated carbocycles. The van der Waals surface area contributed by atoms with Crippen LogP contribution in [0.2, 0.25) is 0 Å². The Balaban J connectivity index is 2.21. The highest BCUT2D eigenvalue weighted by molar-refractivity contribution is 5.15. The van der Waals surface area contributed by atoms with E-state index in [1.54, 1.807) is 0 Å². The van der Waals surface area contributed by atoms with Crippen LogP contribution in [0.15, 0.2) is 6.20 Å². The van der Waals surface area contributed by atoms with Crippen molar-refractivity contribution >= 4 is 0 Å². The van der Waals surface area contributed by atoms with Crippen LogP contribution in [0, 0.1) is 6.92 Å². The molecule has 1 rings (SSSR count). The van der Waals surface area contributed by atoms with Crippen LogP contribution in [0.5, 0.6) is 0 Å². The van der Waals surface area contributed by atoms with Crippen molar-refractivity contribution in [2.75, 3.05) is 20.1 Å².